The third-order valence-corrected chi connectivity index (χ3v) is 2.60. The smallest absolute Gasteiger partial charge is 0.212 e. The van der Waals surface area contributed by atoms with Gasteiger partial charge >= 0.3 is 0 Å². The molecule has 0 saturated heterocycles. The van der Waals surface area contributed by atoms with Crippen molar-refractivity contribution < 1.29 is 4.39 Å². The summed E-state index contributed by atoms with van der Waals surface area (Å²) in [7, 11) is 0. The zero-order valence-electron chi connectivity index (χ0n) is 8.99. The van der Waals surface area contributed by atoms with E-state index in [0.717, 1.165) is 16.3 Å². The van der Waals surface area contributed by atoms with Gasteiger partial charge < -0.3 is 0 Å². The number of pyridine rings is 1. The highest BCUT2D eigenvalue weighted by Crippen LogP contribution is 2.22. The first-order valence-corrected chi connectivity index (χ1v) is 5.68. The maximum atomic E-state index is 12.5. The van der Waals surface area contributed by atoms with Gasteiger partial charge in [-0.25, -0.2) is 9.97 Å². The lowest BCUT2D eigenvalue weighted by Crippen LogP contribution is -1.82. The van der Waals surface area contributed by atoms with Gasteiger partial charge in [0.1, 0.15) is 5.01 Å². The average Bonchev–Trinajstić information content (AvgIpc) is 2.69. The number of thiazole rings is 1. The summed E-state index contributed by atoms with van der Waals surface area (Å²) in [6, 6.07) is 3.02. The summed E-state index contributed by atoms with van der Waals surface area (Å²) in [6.07, 6.45) is 1.49. The van der Waals surface area contributed by atoms with Crippen molar-refractivity contribution >= 4 is 11.3 Å². The molecule has 0 aliphatic rings. The number of halogens is 1. The fraction of sp³-hybridized carbons (Fsp3) is 0.273. The Balaban J connectivity index is 0.000000531. The molecule has 0 amide bonds. The second kappa shape index (κ2) is 5.56. The molecule has 0 atom stereocenters. The van der Waals surface area contributed by atoms with Gasteiger partial charge in [-0.3, -0.25) is 0 Å². The summed E-state index contributed by atoms with van der Waals surface area (Å²) in [4.78, 5) is 7.83. The van der Waals surface area contributed by atoms with Crippen LogP contribution in [0, 0.1) is 12.9 Å². The molecule has 80 valence electrons. The van der Waals surface area contributed by atoms with E-state index in [9.17, 15) is 4.39 Å². The Morgan fingerprint density at radius 2 is 2.00 bits per heavy atom. The highest BCUT2D eigenvalue weighted by atomic mass is 32.1. The zero-order chi connectivity index (χ0) is 11.3. The van der Waals surface area contributed by atoms with Crippen LogP contribution in [0.4, 0.5) is 4.39 Å². The Bertz CT molecular complexity index is 409. The van der Waals surface area contributed by atoms with Gasteiger partial charge in [-0.15, -0.1) is 11.3 Å². The number of aryl methyl sites for hydroxylation is 1. The van der Waals surface area contributed by atoms with Gasteiger partial charge in [-0.2, -0.15) is 4.39 Å². The largest absolute Gasteiger partial charge is 0.241 e. The molecule has 0 aromatic carbocycles. The van der Waals surface area contributed by atoms with Crippen LogP contribution < -0.4 is 0 Å². The standard InChI is InChI=1S/C9H7FN2S.C2H6/c1-6-5-13-9(12-6)7-2-3-8(10)11-4-7;1-2/h2-5H,1H3;1-2H3. The molecular weight excluding hydrogens is 211 g/mol. The Morgan fingerprint density at radius 1 is 1.27 bits per heavy atom. The number of aromatic nitrogens is 2. The second-order valence-electron chi connectivity index (χ2n) is 2.66. The van der Waals surface area contributed by atoms with Crippen LogP contribution in [0.1, 0.15) is 19.5 Å². The third-order valence-electron chi connectivity index (χ3n) is 1.59. The van der Waals surface area contributed by atoms with Crippen LogP contribution in [0.2, 0.25) is 0 Å². The summed E-state index contributed by atoms with van der Waals surface area (Å²) in [5.74, 6) is -0.461. The quantitative estimate of drug-likeness (QED) is 0.690. The molecular formula is C11H13FN2S. The van der Waals surface area contributed by atoms with E-state index in [1.165, 1.54) is 23.6 Å². The summed E-state index contributed by atoms with van der Waals surface area (Å²) in [5, 5.41) is 2.84. The molecule has 2 aromatic heterocycles. The van der Waals surface area contributed by atoms with Crippen LogP contribution in [0.5, 0.6) is 0 Å². The first-order chi connectivity index (χ1) is 7.25. The molecule has 2 aromatic rings. The molecule has 15 heavy (non-hydrogen) atoms. The lowest BCUT2D eigenvalue weighted by molar-refractivity contribution is 0.584. The van der Waals surface area contributed by atoms with Gasteiger partial charge in [0.05, 0.1) is 0 Å². The van der Waals surface area contributed by atoms with E-state index < -0.39 is 5.95 Å². The number of hydrogen-bond acceptors (Lipinski definition) is 3. The molecule has 4 heteroatoms. The summed E-state index contributed by atoms with van der Waals surface area (Å²) >= 11 is 1.53. The van der Waals surface area contributed by atoms with Gasteiger partial charge in [0.25, 0.3) is 0 Å². The van der Waals surface area contributed by atoms with E-state index in [1.54, 1.807) is 6.07 Å². The molecule has 0 spiro atoms. The van der Waals surface area contributed by atoms with E-state index in [0.29, 0.717) is 0 Å². The number of nitrogens with zero attached hydrogens (tertiary/aromatic N) is 2. The molecule has 0 fully saturated rings. The summed E-state index contributed by atoms with van der Waals surface area (Å²) < 4.78 is 12.5. The Labute approximate surface area is 92.8 Å². The first-order valence-electron chi connectivity index (χ1n) is 4.80. The molecule has 0 bridgehead atoms. The van der Waals surface area contributed by atoms with Crippen molar-refractivity contribution in [3.63, 3.8) is 0 Å². The van der Waals surface area contributed by atoms with Gasteiger partial charge in [-0.1, -0.05) is 13.8 Å². The molecule has 0 aliphatic heterocycles. The lowest BCUT2D eigenvalue weighted by atomic mass is 10.3. The van der Waals surface area contributed by atoms with E-state index in [4.69, 9.17) is 0 Å². The van der Waals surface area contributed by atoms with E-state index in [-0.39, 0.29) is 0 Å². The van der Waals surface area contributed by atoms with Crippen molar-refractivity contribution in [2.45, 2.75) is 20.8 Å². The predicted octanol–water partition coefficient (Wildman–Crippen LogP) is 3.68. The van der Waals surface area contributed by atoms with Gasteiger partial charge in [0.15, 0.2) is 0 Å². The maximum Gasteiger partial charge on any atom is 0.212 e. The van der Waals surface area contributed by atoms with Gasteiger partial charge in [0.2, 0.25) is 5.95 Å². The minimum Gasteiger partial charge on any atom is -0.241 e. The molecule has 0 aliphatic carbocycles. The molecule has 2 nitrogen and oxygen atoms in total. The van der Waals surface area contributed by atoms with Crippen molar-refractivity contribution in [2.24, 2.45) is 0 Å². The lowest BCUT2D eigenvalue weighted by Gasteiger charge is -1.93. The third kappa shape index (κ3) is 3.09. The zero-order valence-corrected chi connectivity index (χ0v) is 9.81. The highest BCUT2D eigenvalue weighted by molar-refractivity contribution is 7.13. The molecule has 0 radical (unpaired) electrons. The van der Waals surface area contributed by atoms with Crippen LogP contribution in [0.25, 0.3) is 10.6 Å². The number of rotatable bonds is 1. The van der Waals surface area contributed by atoms with E-state index in [2.05, 4.69) is 9.97 Å². The second-order valence-corrected chi connectivity index (χ2v) is 3.52. The molecule has 0 N–H and O–H groups in total. The van der Waals surface area contributed by atoms with Gasteiger partial charge in [0, 0.05) is 22.8 Å². The monoisotopic (exact) mass is 224 g/mol. The van der Waals surface area contributed by atoms with E-state index in [1.807, 2.05) is 26.2 Å². The van der Waals surface area contributed by atoms with Crippen molar-refractivity contribution in [3.8, 4) is 10.6 Å². The van der Waals surface area contributed by atoms with Crippen LogP contribution in [-0.2, 0) is 0 Å². The molecule has 0 saturated carbocycles. The maximum absolute atomic E-state index is 12.5. The van der Waals surface area contributed by atoms with E-state index >= 15 is 0 Å². The van der Waals surface area contributed by atoms with Crippen molar-refractivity contribution in [3.05, 3.63) is 35.4 Å². The first kappa shape index (κ1) is 11.8. The van der Waals surface area contributed by atoms with Crippen LogP contribution in [0.3, 0.4) is 0 Å². The van der Waals surface area contributed by atoms with Crippen molar-refractivity contribution in [1.82, 2.24) is 9.97 Å². The minimum atomic E-state index is -0.461. The fourth-order valence-corrected chi connectivity index (χ4v) is 1.78. The minimum absolute atomic E-state index is 0.461. The van der Waals surface area contributed by atoms with Gasteiger partial charge in [-0.05, 0) is 19.1 Å². The Morgan fingerprint density at radius 3 is 2.47 bits per heavy atom. The predicted molar refractivity (Wildman–Crippen MR) is 61.4 cm³/mol. The molecule has 2 rings (SSSR count). The summed E-state index contributed by atoms with van der Waals surface area (Å²) in [6.45, 7) is 5.93. The molecule has 0 unspecified atom stereocenters. The fourth-order valence-electron chi connectivity index (χ4n) is 0.989. The highest BCUT2D eigenvalue weighted by Gasteiger charge is 2.02. The van der Waals surface area contributed by atoms with Crippen molar-refractivity contribution in [1.29, 1.82) is 0 Å². The van der Waals surface area contributed by atoms with Crippen LogP contribution in [0.15, 0.2) is 23.7 Å². The molecule has 2 heterocycles. The number of hydrogen-bond donors (Lipinski definition) is 0. The SMILES string of the molecule is CC.Cc1csc(-c2ccc(F)nc2)n1. The topological polar surface area (TPSA) is 25.8 Å². The Hall–Kier alpha value is -1.29. The summed E-state index contributed by atoms with van der Waals surface area (Å²) in [5.41, 5.74) is 1.84. The Kier molecular flexibility index (Phi) is 4.37. The van der Waals surface area contributed by atoms with Crippen LogP contribution >= 0.6 is 11.3 Å². The normalized spacial score (nSPS) is 9.33. The van der Waals surface area contributed by atoms with Crippen molar-refractivity contribution in [2.75, 3.05) is 0 Å². The average molecular weight is 224 g/mol. The van der Waals surface area contributed by atoms with Crippen LogP contribution in [-0.4, -0.2) is 9.97 Å².